The highest BCUT2D eigenvalue weighted by atomic mass is 32.1. The molecule has 27 heavy (non-hydrogen) atoms. The number of hydrogen-bond acceptors (Lipinski definition) is 4. The molecular weight excluding hydrogens is 376 g/mol. The van der Waals surface area contributed by atoms with Crippen molar-refractivity contribution in [2.45, 2.75) is 19.3 Å². The highest BCUT2D eigenvalue weighted by molar-refractivity contribution is 7.71. The van der Waals surface area contributed by atoms with Gasteiger partial charge >= 0.3 is 0 Å². The molecule has 0 unspecified atom stereocenters. The first-order chi connectivity index (χ1) is 13.2. The molecule has 136 valence electrons. The van der Waals surface area contributed by atoms with Crippen molar-refractivity contribution in [1.82, 2.24) is 29.5 Å². The Balaban J connectivity index is 1.90. The lowest BCUT2D eigenvalue weighted by atomic mass is 10.0. The van der Waals surface area contributed by atoms with E-state index in [-0.39, 0.29) is 5.92 Å². The van der Waals surface area contributed by atoms with E-state index in [9.17, 15) is 0 Å². The molecule has 0 saturated carbocycles. The molecular formula is C19H18N6S2. The largest absolute Gasteiger partial charge is 0.272 e. The Labute approximate surface area is 166 Å². The summed E-state index contributed by atoms with van der Waals surface area (Å²) >= 11 is 11.0. The van der Waals surface area contributed by atoms with Crippen LogP contribution in [0.1, 0.15) is 30.9 Å². The number of hydrogen-bond donors (Lipinski definition) is 2. The quantitative estimate of drug-likeness (QED) is 0.481. The van der Waals surface area contributed by atoms with Crippen molar-refractivity contribution in [3.05, 3.63) is 81.9 Å². The van der Waals surface area contributed by atoms with Gasteiger partial charge in [0.15, 0.2) is 9.54 Å². The maximum Gasteiger partial charge on any atom is 0.199 e. The van der Waals surface area contributed by atoms with Crippen LogP contribution in [0, 0.1) is 9.54 Å². The molecule has 4 rings (SSSR count). The molecule has 6 nitrogen and oxygen atoms in total. The van der Waals surface area contributed by atoms with Crippen LogP contribution in [0.25, 0.3) is 11.4 Å². The lowest BCUT2D eigenvalue weighted by Gasteiger charge is -2.16. The second-order valence-corrected chi connectivity index (χ2v) is 6.85. The second kappa shape index (κ2) is 7.42. The van der Waals surface area contributed by atoms with Crippen LogP contribution in [0.15, 0.2) is 60.7 Å². The zero-order valence-corrected chi connectivity index (χ0v) is 16.3. The van der Waals surface area contributed by atoms with E-state index < -0.39 is 0 Å². The number of nitrogens with one attached hydrogen (secondary N) is 2. The van der Waals surface area contributed by atoms with E-state index in [4.69, 9.17) is 24.4 Å². The molecule has 4 aromatic rings. The first-order valence-electron chi connectivity index (χ1n) is 8.66. The smallest absolute Gasteiger partial charge is 0.199 e. The van der Waals surface area contributed by atoms with Crippen LogP contribution < -0.4 is 0 Å². The number of para-hydroxylation sites is 2. The van der Waals surface area contributed by atoms with Gasteiger partial charge in [0.2, 0.25) is 0 Å². The van der Waals surface area contributed by atoms with Crippen molar-refractivity contribution in [3.63, 3.8) is 0 Å². The monoisotopic (exact) mass is 394 g/mol. The van der Waals surface area contributed by atoms with Gasteiger partial charge in [-0.25, -0.2) is 0 Å². The molecule has 0 fully saturated rings. The fraction of sp³-hybridized carbons (Fsp3) is 0.158. The van der Waals surface area contributed by atoms with Crippen molar-refractivity contribution in [2.24, 2.45) is 0 Å². The Morgan fingerprint density at radius 2 is 1.19 bits per heavy atom. The normalized spacial score (nSPS) is 11.2. The van der Waals surface area contributed by atoms with Gasteiger partial charge in [-0.1, -0.05) is 43.3 Å². The Bertz CT molecular complexity index is 1060. The van der Waals surface area contributed by atoms with E-state index in [1.807, 2.05) is 69.8 Å². The minimum atomic E-state index is -0.0914. The van der Waals surface area contributed by atoms with Crippen LogP contribution in [-0.2, 0) is 0 Å². The number of nitrogens with zero attached hydrogens (tertiary/aromatic N) is 4. The van der Waals surface area contributed by atoms with E-state index in [2.05, 4.69) is 27.3 Å². The maximum atomic E-state index is 5.49. The van der Waals surface area contributed by atoms with E-state index in [1.54, 1.807) is 0 Å². The summed E-state index contributed by atoms with van der Waals surface area (Å²) in [4.78, 5) is 0. The van der Waals surface area contributed by atoms with Gasteiger partial charge in [0, 0.05) is 11.4 Å². The third-order valence-corrected chi connectivity index (χ3v) is 5.00. The van der Waals surface area contributed by atoms with Crippen molar-refractivity contribution in [3.8, 4) is 11.4 Å². The number of H-pyrrole nitrogens is 2. The van der Waals surface area contributed by atoms with Crippen LogP contribution >= 0.6 is 24.4 Å². The fourth-order valence-electron chi connectivity index (χ4n) is 3.22. The Kier molecular flexibility index (Phi) is 4.83. The summed E-state index contributed by atoms with van der Waals surface area (Å²) < 4.78 is 5.01. The predicted molar refractivity (Wildman–Crippen MR) is 110 cm³/mol. The summed E-state index contributed by atoms with van der Waals surface area (Å²) in [7, 11) is 0. The Hall–Kier alpha value is -2.84. The summed E-state index contributed by atoms with van der Waals surface area (Å²) in [5.74, 6) is 1.52. The summed E-state index contributed by atoms with van der Waals surface area (Å²) in [6.45, 7) is 2.10. The number of benzene rings is 2. The zero-order valence-electron chi connectivity index (χ0n) is 14.7. The fourth-order valence-corrected chi connectivity index (χ4v) is 3.71. The summed E-state index contributed by atoms with van der Waals surface area (Å²) in [5.41, 5.74) is 1.93. The van der Waals surface area contributed by atoms with Gasteiger partial charge in [0.05, 0.1) is 5.92 Å². The second-order valence-electron chi connectivity index (χ2n) is 6.08. The van der Waals surface area contributed by atoms with E-state index >= 15 is 0 Å². The molecule has 0 aliphatic rings. The SMILES string of the molecule is CCC(c1n[nH]c(=S)n1-c1ccccc1)c1n[nH]c(=S)n1-c1ccccc1. The van der Waals surface area contributed by atoms with Crippen LogP contribution in [-0.4, -0.2) is 29.5 Å². The van der Waals surface area contributed by atoms with E-state index in [1.165, 1.54) is 0 Å². The van der Waals surface area contributed by atoms with E-state index in [0.717, 1.165) is 29.4 Å². The number of aromatic amines is 2. The molecule has 2 heterocycles. The average molecular weight is 395 g/mol. The molecule has 0 radical (unpaired) electrons. The molecule has 0 atom stereocenters. The highest BCUT2D eigenvalue weighted by Crippen LogP contribution is 2.29. The summed E-state index contributed by atoms with van der Waals surface area (Å²) in [5, 5.41) is 14.9. The third-order valence-electron chi connectivity index (χ3n) is 4.46. The van der Waals surface area contributed by atoms with Crippen molar-refractivity contribution in [2.75, 3.05) is 0 Å². The molecule has 2 aromatic carbocycles. The van der Waals surface area contributed by atoms with Crippen LogP contribution in [0.3, 0.4) is 0 Å². The highest BCUT2D eigenvalue weighted by Gasteiger charge is 2.25. The van der Waals surface area contributed by atoms with Crippen molar-refractivity contribution < 1.29 is 0 Å². The standard InChI is InChI=1S/C19H18N6S2/c1-2-15(16-20-22-18(26)24(16)13-9-5-3-6-10-13)17-21-23-19(27)25(17)14-11-7-4-8-12-14/h3-12,15H,2H2,1H3,(H,22,26)(H,23,27). The van der Waals surface area contributed by atoms with Crippen molar-refractivity contribution >= 4 is 24.4 Å². The van der Waals surface area contributed by atoms with Gasteiger partial charge in [-0.3, -0.25) is 19.3 Å². The maximum absolute atomic E-state index is 5.49. The zero-order chi connectivity index (χ0) is 18.8. The first-order valence-corrected chi connectivity index (χ1v) is 9.47. The Morgan fingerprint density at radius 1 is 0.778 bits per heavy atom. The van der Waals surface area contributed by atoms with Gasteiger partial charge in [-0.2, -0.15) is 10.2 Å². The van der Waals surface area contributed by atoms with Gasteiger partial charge in [0.1, 0.15) is 11.6 Å². The van der Waals surface area contributed by atoms with E-state index in [0.29, 0.717) is 9.54 Å². The lowest BCUT2D eigenvalue weighted by molar-refractivity contribution is 0.640. The van der Waals surface area contributed by atoms with Crippen molar-refractivity contribution in [1.29, 1.82) is 0 Å². The minimum absolute atomic E-state index is 0.0914. The lowest BCUT2D eigenvalue weighted by Crippen LogP contribution is -2.14. The van der Waals surface area contributed by atoms with Gasteiger partial charge in [0.25, 0.3) is 0 Å². The minimum Gasteiger partial charge on any atom is -0.272 e. The van der Waals surface area contributed by atoms with Gasteiger partial charge < -0.3 is 0 Å². The van der Waals surface area contributed by atoms with Gasteiger partial charge in [-0.15, -0.1) is 0 Å². The van der Waals surface area contributed by atoms with Crippen LogP contribution in [0.5, 0.6) is 0 Å². The topological polar surface area (TPSA) is 67.2 Å². The molecule has 0 spiro atoms. The van der Waals surface area contributed by atoms with Gasteiger partial charge in [-0.05, 0) is 55.1 Å². The molecule has 2 aromatic heterocycles. The average Bonchev–Trinajstić information content (AvgIpc) is 3.27. The van der Waals surface area contributed by atoms with Crippen LogP contribution in [0.2, 0.25) is 0 Å². The molecule has 8 heteroatoms. The number of rotatable bonds is 5. The molecule has 0 aliphatic heterocycles. The summed E-state index contributed by atoms with van der Waals surface area (Å²) in [6, 6.07) is 19.9. The molecule has 0 amide bonds. The van der Waals surface area contributed by atoms with Crippen LogP contribution in [0.4, 0.5) is 0 Å². The predicted octanol–water partition coefficient (Wildman–Crippen LogP) is 4.72. The molecule has 0 bridgehead atoms. The Morgan fingerprint density at radius 3 is 1.56 bits per heavy atom. The molecule has 2 N–H and O–H groups in total. The molecule has 0 aliphatic carbocycles. The molecule has 0 saturated heterocycles. The summed E-state index contributed by atoms with van der Waals surface area (Å²) in [6.07, 6.45) is 0.791. The third kappa shape index (κ3) is 3.17. The number of aromatic nitrogens is 6. The first kappa shape index (κ1) is 17.6.